The van der Waals surface area contributed by atoms with Crippen molar-refractivity contribution in [3.63, 3.8) is 0 Å². The number of benzene rings is 1. The first-order chi connectivity index (χ1) is 20.3. The van der Waals surface area contributed by atoms with Crippen molar-refractivity contribution in [3.8, 4) is 0 Å². The Kier molecular flexibility index (Phi) is 8.48. The number of aliphatic carboxylic acids is 1. The van der Waals surface area contributed by atoms with Crippen LogP contribution in [0.15, 0.2) is 41.1 Å². The largest absolute Gasteiger partial charge is 0.480 e. The van der Waals surface area contributed by atoms with Gasteiger partial charge in [-0.15, -0.1) is 0 Å². The second-order valence-corrected chi connectivity index (χ2v) is 13.3. The molecule has 0 bridgehead atoms. The Balaban J connectivity index is 1.20. The van der Waals surface area contributed by atoms with Crippen molar-refractivity contribution >= 4 is 29.1 Å². The lowest BCUT2D eigenvalue weighted by Gasteiger charge is -2.58. The fourth-order valence-corrected chi connectivity index (χ4v) is 8.99. The molecule has 0 aromatic heterocycles. The molecule has 1 amide bonds. The number of fused-ring (bicyclic) bond motifs is 5. The van der Waals surface area contributed by atoms with E-state index in [1.54, 1.807) is 6.92 Å². The van der Waals surface area contributed by atoms with Gasteiger partial charge in [-0.2, -0.15) is 0 Å². The zero-order valence-electron chi connectivity index (χ0n) is 25.0. The van der Waals surface area contributed by atoms with Crippen molar-refractivity contribution in [2.45, 2.75) is 84.3 Å². The lowest BCUT2D eigenvalue weighted by atomic mass is 9.46. The average Bonchev–Trinajstić information content (AvgIpc) is 3.33. The molecule has 8 atom stereocenters. The number of nitrogens with zero attached hydrogens (tertiary/aromatic N) is 2. The number of carbonyl (C=O) groups excluding carboxylic acids is 2. The van der Waals surface area contributed by atoms with E-state index in [-0.39, 0.29) is 28.0 Å². The summed E-state index contributed by atoms with van der Waals surface area (Å²) in [5.41, 5.74) is 1.98. The molecule has 0 saturated heterocycles. The van der Waals surface area contributed by atoms with E-state index in [2.05, 4.69) is 30.4 Å². The molecule has 11 nitrogen and oxygen atoms in total. The molecular weight excluding hydrogens is 554 g/mol. The predicted molar refractivity (Wildman–Crippen MR) is 157 cm³/mol. The lowest BCUT2D eigenvalue weighted by Crippen LogP contribution is -2.51. The number of nitrogens with one attached hydrogen (secondary N) is 1. The van der Waals surface area contributed by atoms with Crippen molar-refractivity contribution < 1.29 is 34.4 Å². The van der Waals surface area contributed by atoms with E-state index >= 15 is 0 Å². The number of non-ortho nitro benzene ring substituents is 1. The third-order valence-electron chi connectivity index (χ3n) is 11.2. The Morgan fingerprint density at radius 1 is 1.14 bits per heavy atom. The summed E-state index contributed by atoms with van der Waals surface area (Å²) >= 11 is 0. The van der Waals surface area contributed by atoms with Gasteiger partial charge in [0.1, 0.15) is 11.9 Å². The molecule has 232 valence electrons. The molecule has 3 saturated carbocycles. The molecule has 0 radical (unpaired) electrons. The summed E-state index contributed by atoms with van der Waals surface area (Å²) in [4.78, 5) is 52.4. The van der Waals surface area contributed by atoms with Gasteiger partial charge in [0, 0.05) is 18.1 Å². The van der Waals surface area contributed by atoms with E-state index in [9.17, 15) is 34.7 Å². The van der Waals surface area contributed by atoms with Crippen LogP contribution in [-0.2, 0) is 19.2 Å². The highest BCUT2D eigenvalue weighted by Gasteiger charge is 2.59. The van der Waals surface area contributed by atoms with Gasteiger partial charge in [-0.3, -0.25) is 19.7 Å². The monoisotopic (exact) mass is 595 g/mol. The van der Waals surface area contributed by atoms with Crippen LogP contribution in [0.1, 0.15) is 83.8 Å². The van der Waals surface area contributed by atoms with Crippen LogP contribution in [0.3, 0.4) is 0 Å². The minimum absolute atomic E-state index is 0.0103. The molecule has 0 heterocycles. The van der Waals surface area contributed by atoms with E-state index in [4.69, 9.17) is 4.84 Å². The number of aliphatic hydroxyl groups excluding tert-OH is 1. The van der Waals surface area contributed by atoms with Gasteiger partial charge in [-0.1, -0.05) is 36.7 Å². The summed E-state index contributed by atoms with van der Waals surface area (Å²) in [7, 11) is 0. The van der Waals surface area contributed by atoms with Crippen molar-refractivity contribution in [3.05, 3.63) is 51.6 Å². The SMILES string of the molecule is CC(=O)[C@H]1CC[C@H]2[C@@H]3CCC4=C/C(=N\OCC(=O)N[C@H](C(=O)O)[C@H](O)c5cccc([N+](=O)[O-])c5)CC[C@]4(C)[C@H]3CC[C@]12C. The smallest absolute Gasteiger partial charge is 0.329 e. The lowest BCUT2D eigenvalue weighted by molar-refractivity contribution is -0.385. The molecule has 4 aliphatic rings. The van der Waals surface area contributed by atoms with Crippen molar-refractivity contribution in [1.29, 1.82) is 0 Å². The molecular formula is C32H41N3O8. The van der Waals surface area contributed by atoms with Crippen LogP contribution in [0.25, 0.3) is 0 Å². The van der Waals surface area contributed by atoms with Gasteiger partial charge in [0.05, 0.1) is 10.6 Å². The number of hydrogen-bond donors (Lipinski definition) is 3. The van der Waals surface area contributed by atoms with Crippen LogP contribution in [-0.4, -0.2) is 51.2 Å². The molecule has 3 fully saturated rings. The number of carboxylic acids is 1. The fourth-order valence-electron chi connectivity index (χ4n) is 8.99. The molecule has 0 aliphatic heterocycles. The second kappa shape index (κ2) is 11.8. The molecule has 11 heteroatoms. The van der Waals surface area contributed by atoms with Crippen molar-refractivity contribution in [2.24, 2.45) is 39.7 Å². The number of carboxylic acid groups (broad SMARTS) is 1. The van der Waals surface area contributed by atoms with Crippen molar-refractivity contribution in [1.82, 2.24) is 5.32 Å². The zero-order chi connectivity index (χ0) is 31.1. The normalized spacial score (nSPS) is 33.7. The van der Waals surface area contributed by atoms with Gasteiger partial charge in [0.2, 0.25) is 0 Å². The van der Waals surface area contributed by atoms with Crippen LogP contribution >= 0.6 is 0 Å². The fraction of sp³-hybridized carbons (Fsp3) is 0.625. The summed E-state index contributed by atoms with van der Waals surface area (Å²) in [5.74, 6) is 0.0504. The molecule has 3 N–H and O–H groups in total. The third-order valence-corrected chi connectivity index (χ3v) is 11.2. The maximum absolute atomic E-state index is 12.5. The van der Waals surface area contributed by atoms with E-state index < -0.39 is 35.6 Å². The van der Waals surface area contributed by atoms with Gasteiger partial charge in [-0.05, 0) is 98.5 Å². The Morgan fingerprint density at radius 3 is 2.60 bits per heavy atom. The second-order valence-electron chi connectivity index (χ2n) is 13.3. The van der Waals surface area contributed by atoms with Gasteiger partial charge >= 0.3 is 5.97 Å². The molecule has 0 spiro atoms. The van der Waals surface area contributed by atoms with Crippen LogP contribution in [0.5, 0.6) is 0 Å². The first-order valence-corrected chi connectivity index (χ1v) is 15.2. The summed E-state index contributed by atoms with van der Waals surface area (Å²) < 4.78 is 0. The van der Waals surface area contributed by atoms with Crippen molar-refractivity contribution in [2.75, 3.05) is 6.61 Å². The maximum atomic E-state index is 12.5. The highest BCUT2D eigenvalue weighted by Crippen LogP contribution is 2.66. The Bertz CT molecular complexity index is 1370. The van der Waals surface area contributed by atoms with Crippen LogP contribution < -0.4 is 5.32 Å². The molecule has 1 aromatic carbocycles. The Hall–Kier alpha value is -3.60. The topological polar surface area (TPSA) is 168 Å². The third kappa shape index (κ3) is 5.71. The van der Waals surface area contributed by atoms with Crippen LogP contribution in [0, 0.1) is 44.6 Å². The summed E-state index contributed by atoms with van der Waals surface area (Å²) in [6.45, 7) is 5.94. The number of ketones is 1. The number of nitro benzene ring substituents is 1. The molecule has 43 heavy (non-hydrogen) atoms. The Labute approximate surface area is 250 Å². The van der Waals surface area contributed by atoms with E-state index in [1.807, 2.05) is 0 Å². The quantitative estimate of drug-likeness (QED) is 0.272. The standard InChI is InChI=1S/C32H41N3O8/c1-18(36)24-9-10-25-23-8-7-20-16-21(11-13-31(20,2)26(23)12-14-32(24,25)3)34-43-17-27(37)33-28(30(39)40)29(38)19-5-4-6-22(15-19)35(41)42/h4-6,15-16,23-26,28-29,38H,7-14,17H2,1-3H3,(H,33,37)(H,39,40)/b34-21-/t23-,24+,25-,26-,28-,29+,31-,32+/m0/s1. The minimum atomic E-state index is -1.73. The molecule has 5 rings (SSSR count). The number of hydrogen-bond acceptors (Lipinski definition) is 8. The predicted octanol–water partition coefficient (Wildman–Crippen LogP) is 4.74. The number of nitro groups is 1. The number of aliphatic hydroxyl groups is 1. The van der Waals surface area contributed by atoms with Crippen LogP contribution in [0.4, 0.5) is 5.69 Å². The number of rotatable bonds is 9. The van der Waals surface area contributed by atoms with E-state index in [0.29, 0.717) is 30.0 Å². The highest BCUT2D eigenvalue weighted by molar-refractivity contribution is 5.96. The number of Topliss-reactive ketones (excluding diaryl/α,β-unsaturated/α-hetero) is 1. The summed E-state index contributed by atoms with van der Waals surface area (Å²) in [5, 5.41) is 37.6. The van der Waals surface area contributed by atoms with Gasteiger partial charge in [-0.25, -0.2) is 4.79 Å². The maximum Gasteiger partial charge on any atom is 0.329 e. The number of allylic oxidation sites excluding steroid dienone is 2. The number of carbonyl (C=O) groups is 3. The minimum Gasteiger partial charge on any atom is -0.480 e. The highest BCUT2D eigenvalue weighted by atomic mass is 16.6. The summed E-state index contributed by atoms with van der Waals surface area (Å²) in [6, 6.07) is 3.23. The van der Waals surface area contributed by atoms with Gasteiger partial charge in [0.25, 0.3) is 11.6 Å². The Morgan fingerprint density at radius 2 is 1.91 bits per heavy atom. The summed E-state index contributed by atoms with van der Waals surface area (Å²) in [6.07, 6.45) is 8.50. The van der Waals surface area contributed by atoms with Crippen LogP contribution in [0.2, 0.25) is 0 Å². The number of oxime groups is 1. The number of amides is 1. The van der Waals surface area contributed by atoms with E-state index in [0.717, 1.165) is 56.7 Å². The first kappa shape index (κ1) is 30.8. The van der Waals surface area contributed by atoms with E-state index in [1.165, 1.54) is 23.8 Å². The van der Waals surface area contributed by atoms with Gasteiger partial charge < -0.3 is 20.4 Å². The molecule has 1 aromatic rings. The molecule has 0 unspecified atom stereocenters. The molecule has 4 aliphatic carbocycles. The first-order valence-electron chi connectivity index (χ1n) is 15.2. The zero-order valence-corrected chi connectivity index (χ0v) is 25.0. The average molecular weight is 596 g/mol. The van der Waals surface area contributed by atoms with Gasteiger partial charge in [0.15, 0.2) is 12.6 Å².